The van der Waals surface area contributed by atoms with Crippen LogP contribution in [0.1, 0.15) is 82.4 Å². The lowest BCUT2D eigenvalue weighted by molar-refractivity contribution is -0.122. The van der Waals surface area contributed by atoms with Crippen molar-refractivity contribution in [2.75, 3.05) is 13.2 Å². The standard InChI is InChI=1S/C24H39NO4/c1-3-4-5-19-6-8-20(9-7-19)14-21-10-12-22(13-11-21)23(29)15-24(16-26,17-27)25-18(2)28/h10-13,19-20,23,26-27,29H,3-9,14-17H2,1-2H3,(H,25,28). The van der Waals surface area contributed by atoms with Crippen molar-refractivity contribution in [2.45, 2.75) is 83.3 Å². The summed E-state index contributed by atoms with van der Waals surface area (Å²) < 4.78 is 0. The maximum absolute atomic E-state index is 11.4. The van der Waals surface area contributed by atoms with Crippen LogP contribution in [0.2, 0.25) is 0 Å². The summed E-state index contributed by atoms with van der Waals surface area (Å²) in [6, 6.07) is 7.97. The van der Waals surface area contributed by atoms with E-state index in [1.807, 2.05) is 12.1 Å². The number of benzene rings is 1. The first-order valence-electron chi connectivity index (χ1n) is 11.2. The van der Waals surface area contributed by atoms with Crippen LogP contribution in [-0.2, 0) is 11.2 Å². The molecule has 1 saturated carbocycles. The molecule has 1 aromatic carbocycles. The Kier molecular flexibility index (Phi) is 9.60. The number of carbonyl (C=O) groups excluding carboxylic acids is 1. The molecule has 2 rings (SSSR count). The topological polar surface area (TPSA) is 89.8 Å². The van der Waals surface area contributed by atoms with Crippen molar-refractivity contribution in [3.8, 4) is 0 Å². The second-order valence-corrected chi connectivity index (χ2v) is 8.97. The second kappa shape index (κ2) is 11.7. The third-order valence-electron chi connectivity index (χ3n) is 6.45. The van der Waals surface area contributed by atoms with E-state index in [4.69, 9.17) is 0 Å². The van der Waals surface area contributed by atoms with Gasteiger partial charge in [0, 0.05) is 13.3 Å². The van der Waals surface area contributed by atoms with Crippen LogP contribution in [0.25, 0.3) is 0 Å². The van der Waals surface area contributed by atoms with Gasteiger partial charge in [-0.25, -0.2) is 0 Å². The molecule has 164 valence electrons. The number of unbranched alkanes of at least 4 members (excludes halogenated alkanes) is 1. The molecule has 1 atom stereocenters. The molecule has 1 unspecified atom stereocenters. The molecule has 1 fully saturated rings. The Bertz CT molecular complexity index is 604. The Morgan fingerprint density at radius 1 is 1.10 bits per heavy atom. The zero-order valence-corrected chi connectivity index (χ0v) is 18.1. The van der Waals surface area contributed by atoms with Crippen molar-refractivity contribution in [1.82, 2.24) is 5.32 Å². The van der Waals surface area contributed by atoms with Gasteiger partial charge in [-0.05, 0) is 42.2 Å². The normalized spacial score (nSPS) is 21.0. The average molecular weight is 406 g/mol. The summed E-state index contributed by atoms with van der Waals surface area (Å²) in [7, 11) is 0. The van der Waals surface area contributed by atoms with Crippen LogP contribution in [0.5, 0.6) is 0 Å². The average Bonchev–Trinajstić information content (AvgIpc) is 2.72. The van der Waals surface area contributed by atoms with Crippen LogP contribution in [0.3, 0.4) is 0 Å². The van der Waals surface area contributed by atoms with E-state index in [9.17, 15) is 20.1 Å². The van der Waals surface area contributed by atoms with Crippen LogP contribution < -0.4 is 5.32 Å². The molecule has 0 spiro atoms. The van der Waals surface area contributed by atoms with Crippen LogP contribution >= 0.6 is 0 Å². The molecule has 5 nitrogen and oxygen atoms in total. The van der Waals surface area contributed by atoms with Gasteiger partial charge in [0.2, 0.25) is 5.91 Å². The number of carbonyl (C=O) groups is 1. The molecule has 0 bridgehead atoms. The van der Waals surface area contributed by atoms with E-state index in [2.05, 4.69) is 24.4 Å². The number of aliphatic hydroxyl groups is 3. The zero-order valence-electron chi connectivity index (χ0n) is 18.1. The summed E-state index contributed by atoms with van der Waals surface area (Å²) in [5.41, 5.74) is 0.796. The molecule has 1 aromatic rings. The summed E-state index contributed by atoms with van der Waals surface area (Å²) in [5, 5.41) is 32.4. The molecule has 29 heavy (non-hydrogen) atoms. The third kappa shape index (κ3) is 7.40. The Morgan fingerprint density at radius 2 is 1.69 bits per heavy atom. The van der Waals surface area contributed by atoms with Crippen LogP contribution in [0.15, 0.2) is 24.3 Å². The summed E-state index contributed by atoms with van der Waals surface area (Å²) in [6.07, 6.45) is 9.64. The second-order valence-electron chi connectivity index (χ2n) is 8.97. The largest absolute Gasteiger partial charge is 0.394 e. The first-order valence-corrected chi connectivity index (χ1v) is 11.2. The fourth-order valence-electron chi connectivity index (χ4n) is 4.60. The molecule has 0 saturated heterocycles. The number of rotatable bonds is 11. The van der Waals surface area contributed by atoms with Gasteiger partial charge in [0.05, 0.1) is 24.9 Å². The van der Waals surface area contributed by atoms with Crippen molar-refractivity contribution < 1.29 is 20.1 Å². The van der Waals surface area contributed by atoms with Crippen molar-refractivity contribution in [1.29, 1.82) is 0 Å². The highest BCUT2D eigenvalue weighted by molar-refractivity contribution is 5.73. The van der Waals surface area contributed by atoms with E-state index >= 15 is 0 Å². The van der Waals surface area contributed by atoms with Crippen molar-refractivity contribution in [2.24, 2.45) is 11.8 Å². The van der Waals surface area contributed by atoms with Crippen LogP contribution in [0.4, 0.5) is 0 Å². The van der Waals surface area contributed by atoms with Gasteiger partial charge in [0.1, 0.15) is 0 Å². The number of amides is 1. The molecule has 4 N–H and O–H groups in total. The van der Waals surface area contributed by atoms with Crippen molar-refractivity contribution in [3.63, 3.8) is 0 Å². The highest BCUT2D eigenvalue weighted by atomic mass is 16.3. The van der Waals surface area contributed by atoms with E-state index in [1.54, 1.807) is 0 Å². The highest BCUT2D eigenvalue weighted by Gasteiger charge is 2.33. The van der Waals surface area contributed by atoms with Gasteiger partial charge < -0.3 is 20.6 Å². The van der Waals surface area contributed by atoms with Gasteiger partial charge in [-0.2, -0.15) is 0 Å². The monoisotopic (exact) mass is 405 g/mol. The maximum atomic E-state index is 11.4. The van der Waals surface area contributed by atoms with E-state index in [1.165, 1.54) is 57.4 Å². The minimum absolute atomic E-state index is 0.0563. The van der Waals surface area contributed by atoms with Crippen LogP contribution in [0, 0.1) is 11.8 Å². The third-order valence-corrected chi connectivity index (χ3v) is 6.45. The predicted octanol–water partition coefficient (Wildman–Crippen LogP) is 3.51. The lowest BCUT2D eigenvalue weighted by atomic mass is 9.77. The Morgan fingerprint density at radius 3 is 2.21 bits per heavy atom. The molecule has 1 aliphatic carbocycles. The number of nitrogens with one attached hydrogen (secondary N) is 1. The van der Waals surface area contributed by atoms with Crippen LogP contribution in [-0.4, -0.2) is 40.0 Å². The lowest BCUT2D eigenvalue weighted by Crippen LogP contribution is -2.54. The van der Waals surface area contributed by atoms with Gasteiger partial charge in [-0.1, -0.05) is 63.3 Å². The van der Waals surface area contributed by atoms with E-state index in [-0.39, 0.29) is 12.3 Å². The maximum Gasteiger partial charge on any atom is 0.217 e. The van der Waals surface area contributed by atoms with E-state index < -0.39 is 24.9 Å². The molecule has 0 aromatic heterocycles. The Labute approximate surface area is 175 Å². The van der Waals surface area contributed by atoms with Gasteiger partial charge in [-0.15, -0.1) is 0 Å². The zero-order chi connectivity index (χ0) is 21.3. The molecular formula is C24H39NO4. The smallest absolute Gasteiger partial charge is 0.217 e. The van der Waals surface area contributed by atoms with Gasteiger partial charge in [-0.3, -0.25) is 4.79 Å². The van der Waals surface area contributed by atoms with Gasteiger partial charge in [0.15, 0.2) is 0 Å². The number of aliphatic hydroxyl groups excluding tert-OH is 3. The quantitative estimate of drug-likeness (QED) is 0.453. The molecule has 1 aliphatic rings. The van der Waals surface area contributed by atoms with Crippen molar-refractivity contribution >= 4 is 5.91 Å². The van der Waals surface area contributed by atoms with Crippen molar-refractivity contribution in [3.05, 3.63) is 35.4 Å². The Balaban J connectivity index is 1.88. The first-order chi connectivity index (χ1) is 13.9. The predicted molar refractivity (Wildman–Crippen MR) is 115 cm³/mol. The molecule has 1 amide bonds. The van der Waals surface area contributed by atoms with E-state index in [0.717, 1.165) is 23.8 Å². The molecule has 0 heterocycles. The molecule has 0 radical (unpaired) electrons. The fourth-order valence-corrected chi connectivity index (χ4v) is 4.60. The minimum Gasteiger partial charge on any atom is -0.394 e. The first kappa shape index (κ1) is 23.8. The lowest BCUT2D eigenvalue weighted by Gasteiger charge is -2.32. The Hall–Kier alpha value is -1.43. The van der Waals surface area contributed by atoms with Gasteiger partial charge >= 0.3 is 0 Å². The highest BCUT2D eigenvalue weighted by Crippen LogP contribution is 2.34. The van der Waals surface area contributed by atoms with Gasteiger partial charge in [0.25, 0.3) is 0 Å². The number of hydrogen-bond acceptors (Lipinski definition) is 4. The summed E-state index contributed by atoms with van der Waals surface area (Å²) in [4.78, 5) is 11.4. The summed E-state index contributed by atoms with van der Waals surface area (Å²) in [5.74, 6) is 1.32. The molecule has 0 aliphatic heterocycles. The fraction of sp³-hybridized carbons (Fsp3) is 0.708. The molecular weight excluding hydrogens is 366 g/mol. The summed E-state index contributed by atoms with van der Waals surface area (Å²) in [6.45, 7) is 2.73. The molecule has 5 heteroatoms. The SMILES string of the molecule is CCCCC1CCC(Cc2ccc(C(O)CC(CO)(CO)NC(C)=O)cc2)CC1. The number of hydrogen-bond donors (Lipinski definition) is 4. The van der Waals surface area contributed by atoms with E-state index in [0.29, 0.717) is 0 Å². The minimum atomic E-state index is -1.22. The summed E-state index contributed by atoms with van der Waals surface area (Å²) >= 11 is 0.